The molecule has 114 valence electrons. The molecule has 4 nitrogen and oxygen atoms in total. The summed E-state index contributed by atoms with van der Waals surface area (Å²) in [6.45, 7) is 0. The number of ether oxygens (including phenoxy) is 3. The number of hydrogen-bond donors (Lipinski definition) is 1. The Balaban J connectivity index is 2.67. The number of benzene rings is 2. The molecule has 0 spiro atoms. The Morgan fingerprint density at radius 2 is 1.45 bits per heavy atom. The molecular formula is C18H18O4. The zero-order chi connectivity index (χ0) is 16.2. The molecule has 1 N–H and O–H groups in total. The van der Waals surface area contributed by atoms with Crippen molar-refractivity contribution in [3.05, 3.63) is 53.6 Å². The lowest BCUT2D eigenvalue weighted by molar-refractivity contribution is 0.144. The third-order valence-corrected chi connectivity index (χ3v) is 3.48. The minimum atomic E-state index is -1.59. The van der Waals surface area contributed by atoms with Gasteiger partial charge in [0.25, 0.3) is 0 Å². The Hall–Kier alpha value is -2.64. The molecule has 1 atom stereocenters. The highest BCUT2D eigenvalue weighted by Gasteiger charge is 2.31. The van der Waals surface area contributed by atoms with Crippen molar-refractivity contribution in [3.63, 3.8) is 0 Å². The lowest BCUT2D eigenvalue weighted by Gasteiger charge is -2.25. The normalized spacial score (nSPS) is 12.9. The van der Waals surface area contributed by atoms with Crippen LogP contribution in [0, 0.1) is 12.3 Å². The van der Waals surface area contributed by atoms with Crippen molar-refractivity contribution in [2.24, 2.45) is 0 Å². The third-order valence-electron chi connectivity index (χ3n) is 3.48. The van der Waals surface area contributed by atoms with Crippen molar-refractivity contribution in [1.82, 2.24) is 0 Å². The second-order valence-electron chi connectivity index (χ2n) is 4.63. The van der Waals surface area contributed by atoms with Gasteiger partial charge < -0.3 is 19.3 Å². The van der Waals surface area contributed by atoms with Crippen LogP contribution in [0.25, 0.3) is 0 Å². The van der Waals surface area contributed by atoms with Crippen molar-refractivity contribution in [2.45, 2.75) is 5.60 Å². The van der Waals surface area contributed by atoms with Gasteiger partial charge in [-0.2, -0.15) is 0 Å². The predicted molar refractivity (Wildman–Crippen MR) is 84.4 cm³/mol. The minimum Gasteiger partial charge on any atom is -0.493 e. The molecule has 0 saturated carbocycles. The van der Waals surface area contributed by atoms with Gasteiger partial charge >= 0.3 is 0 Å². The van der Waals surface area contributed by atoms with Gasteiger partial charge in [0.05, 0.1) is 21.3 Å². The topological polar surface area (TPSA) is 47.9 Å². The Morgan fingerprint density at radius 3 is 1.86 bits per heavy atom. The van der Waals surface area contributed by atoms with E-state index in [0.717, 1.165) is 0 Å². The summed E-state index contributed by atoms with van der Waals surface area (Å²) < 4.78 is 15.9. The van der Waals surface area contributed by atoms with Crippen LogP contribution in [0.1, 0.15) is 11.1 Å². The zero-order valence-corrected chi connectivity index (χ0v) is 12.8. The van der Waals surface area contributed by atoms with Crippen molar-refractivity contribution >= 4 is 0 Å². The van der Waals surface area contributed by atoms with E-state index in [9.17, 15) is 5.11 Å². The van der Waals surface area contributed by atoms with Gasteiger partial charge in [-0.05, 0) is 12.1 Å². The van der Waals surface area contributed by atoms with E-state index in [1.54, 1.807) is 24.3 Å². The number of aliphatic hydroxyl groups is 1. The average molecular weight is 298 g/mol. The number of methoxy groups -OCH3 is 3. The quantitative estimate of drug-likeness (QED) is 0.862. The summed E-state index contributed by atoms with van der Waals surface area (Å²) in [4.78, 5) is 0. The molecule has 2 rings (SSSR count). The van der Waals surface area contributed by atoms with Gasteiger partial charge in [-0.15, -0.1) is 6.42 Å². The molecule has 1 unspecified atom stereocenters. The fourth-order valence-electron chi connectivity index (χ4n) is 2.30. The maximum atomic E-state index is 11.0. The molecular weight excluding hydrogens is 280 g/mol. The lowest BCUT2D eigenvalue weighted by Crippen LogP contribution is -2.25. The first-order chi connectivity index (χ1) is 10.6. The first-order valence-corrected chi connectivity index (χ1v) is 6.66. The van der Waals surface area contributed by atoms with E-state index in [2.05, 4.69) is 5.92 Å². The second kappa shape index (κ2) is 6.42. The highest BCUT2D eigenvalue weighted by atomic mass is 16.5. The lowest BCUT2D eigenvalue weighted by atomic mass is 9.86. The van der Waals surface area contributed by atoms with Gasteiger partial charge in [-0.3, -0.25) is 0 Å². The maximum Gasteiger partial charge on any atom is 0.203 e. The molecule has 0 heterocycles. The van der Waals surface area contributed by atoms with Gasteiger partial charge in [0.1, 0.15) is 0 Å². The first-order valence-electron chi connectivity index (χ1n) is 6.66. The Kier molecular flexibility index (Phi) is 4.59. The average Bonchev–Trinajstić information content (AvgIpc) is 2.60. The van der Waals surface area contributed by atoms with Crippen molar-refractivity contribution < 1.29 is 19.3 Å². The molecule has 0 aromatic heterocycles. The molecule has 0 radical (unpaired) electrons. The SMILES string of the molecule is C#CC(O)(c1ccccc1)c1cc(OC)c(OC)c(OC)c1. The van der Waals surface area contributed by atoms with E-state index in [1.807, 2.05) is 18.2 Å². The monoisotopic (exact) mass is 298 g/mol. The standard InChI is InChI=1S/C18H18O4/c1-5-18(19,13-9-7-6-8-10-13)14-11-15(20-2)17(22-4)16(12-14)21-3/h1,6-12,19H,2-4H3. The molecule has 0 saturated heterocycles. The smallest absolute Gasteiger partial charge is 0.203 e. The summed E-state index contributed by atoms with van der Waals surface area (Å²) in [6.07, 6.45) is 5.61. The van der Waals surface area contributed by atoms with Gasteiger partial charge in [0.15, 0.2) is 17.1 Å². The third kappa shape index (κ3) is 2.59. The summed E-state index contributed by atoms with van der Waals surface area (Å²) in [5, 5.41) is 11.0. The highest BCUT2D eigenvalue weighted by molar-refractivity contribution is 5.58. The van der Waals surface area contributed by atoms with Crippen LogP contribution in [-0.4, -0.2) is 26.4 Å². The Morgan fingerprint density at radius 1 is 0.909 bits per heavy atom. The number of terminal acetylenes is 1. The summed E-state index contributed by atoms with van der Waals surface area (Å²) in [5.41, 5.74) is -0.531. The summed E-state index contributed by atoms with van der Waals surface area (Å²) in [6, 6.07) is 12.3. The van der Waals surface area contributed by atoms with Gasteiger partial charge in [-0.25, -0.2) is 0 Å². The molecule has 0 bridgehead atoms. The van der Waals surface area contributed by atoms with E-state index >= 15 is 0 Å². The molecule has 2 aromatic rings. The number of rotatable bonds is 5. The van der Waals surface area contributed by atoms with Crippen LogP contribution in [0.5, 0.6) is 17.2 Å². The van der Waals surface area contributed by atoms with E-state index in [0.29, 0.717) is 28.4 Å². The van der Waals surface area contributed by atoms with Crippen molar-refractivity contribution in [1.29, 1.82) is 0 Å². The van der Waals surface area contributed by atoms with Crippen LogP contribution in [0.3, 0.4) is 0 Å². The fraction of sp³-hybridized carbons (Fsp3) is 0.222. The van der Waals surface area contributed by atoms with Crippen LogP contribution in [0.4, 0.5) is 0 Å². The van der Waals surface area contributed by atoms with Crippen molar-refractivity contribution in [3.8, 4) is 29.6 Å². The fourth-order valence-corrected chi connectivity index (χ4v) is 2.30. The molecule has 0 aliphatic carbocycles. The number of hydrogen-bond acceptors (Lipinski definition) is 4. The molecule has 0 aliphatic heterocycles. The van der Waals surface area contributed by atoms with Crippen LogP contribution >= 0.6 is 0 Å². The Bertz CT molecular complexity index is 663. The van der Waals surface area contributed by atoms with Gasteiger partial charge in [0.2, 0.25) is 5.75 Å². The van der Waals surface area contributed by atoms with E-state index < -0.39 is 5.60 Å². The predicted octanol–water partition coefficient (Wildman–Crippen LogP) is 2.58. The van der Waals surface area contributed by atoms with Gasteiger partial charge in [0, 0.05) is 11.1 Å². The maximum absolute atomic E-state index is 11.0. The zero-order valence-electron chi connectivity index (χ0n) is 12.8. The van der Waals surface area contributed by atoms with Crippen LogP contribution in [-0.2, 0) is 5.60 Å². The largest absolute Gasteiger partial charge is 0.493 e. The van der Waals surface area contributed by atoms with Crippen LogP contribution in [0.15, 0.2) is 42.5 Å². The van der Waals surface area contributed by atoms with E-state index in [4.69, 9.17) is 20.6 Å². The molecule has 4 heteroatoms. The molecule has 2 aromatic carbocycles. The molecule has 0 fully saturated rings. The van der Waals surface area contributed by atoms with E-state index in [-0.39, 0.29) is 0 Å². The van der Waals surface area contributed by atoms with Gasteiger partial charge in [-0.1, -0.05) is 36.3 Å². The summed E-state index contributed by atoms with van der Waals surface area (Å²) in [7, 11) is 4.54. The van der Waals surface area contributed by atoms with Crippen LogP contribution < -0.4 is 14.2 Å². The van der Waals surface area contributed by atoms with Crippen molar-refractivity contribution in [2.75, 3.05) is 21.3 Å². The van der Waals surface area contributed by atoms with E-state index in [1.165, 1.54) is 21.3 Å². The molecule has 0 aliphatic rings. The molecule has 0 amide bonds. The Labute approximate surface area is 130 Å². The summed E-state index contributed by atoms with van der Waals surface area (Å²) >= 11 is 0. The molecule has 22 heavy (non-hydrogen) atoms. The highest BCUT2D eigenvalue weighted by Crippen LogP contribution is 2.42. The van der Waals surface area contributed by atoms with Crippen LogP contribution in [0.2, 0.25) is 0 Å². The summed E-state index contributed by atoms with van der Waals surface area (Å²) in [5.74, 6) is 3.76. The second-order valence-corrected chi connectivity index (χ2v) is 4.63. The minimum absolute atomic E-state index is 0.432. The first kappa shape index (κ1) is 15.7.